The van der Waals surface area contributed by atoms with Gasteiger partial charge in [0.05, 0.1) is 12.3 Å². The maximum Gasteiger partial charge on any atom is 0.360 e. The molecular weight excluding hydrogens is 316 g/mol. The highest BCUT2D eigenvalue weighted by Gasteiger charge is 2.20. The van der Waals surface area contributed by atoms with Gasteiger partial charge in [-0.3, -0.25) is 4.40 Å². The molecule has 3 aromatic rings. The zero-order valence-electron chi connectivity index (χ0n) is 14.8. The molecule has 0 aliphatic carbocycles. The molecule has 0 radical (unpaired) electrons. The molecule has 0 saturated heterocycles. The van der Waals surface area contributed by atoms with E-state index < -0.39 is 5.97 Å². The first-order valence-corrected chi connectivity index (χ1v) is 8.15. The summed E-state index contributed by atoms with van der Waals surface area (Å²) in [6, 6.07) is 9.63. The molecule has 3 rings (SSSR count). The van der Waals surface area contributed by atoms with Crippen molar-refractivity contribution in [1.82, 2.24) is 9.38 Å². The van der Waals surface area contributed by atoms with Crippen molar-refractivity contribution in [2.24, 2.45) is 10.2 Å². The molecule has 0 aliphatic rings. The first-order valence-electron chi connectivity index (χ1n) is 8.15. The Hall–Kier alpha value is -3.02. The van der Waals surface area contributed by atoms with Gasteiger partial charge >= 0.3 is 5.97 Å². The summed E-state index contributed by atoms with van der Waals surface area (Å²) in [5, 5.41) is 8.74. The van der Waals surface area contributed by atoms with Gasteiger partial charge < -0.3 is 4.74 Å². The molecule has 1 aromatic carbocycles. The number of pyridine rings is 1. The fourth-order valence-electron chi connectivity index (χ4n) is 2.84. The van der Waals surface area contributed by atoms with E-state index in [2.05, 4.69) is 27.3 Å². The van der Waals surface area contributed by atoms with Crippen molar-refractivity contribution in [3.8, 4) is 0 Å². The lowest BCUT2D eigenvalue weighted by Gasteiger charge is -2.05. The van der Waals surface area contributed by atoms with Crippen LogP contribution in [0.15, 0.2) is 46.8 Å². The third kappa shape index (κ3) is 3.28. The maximum atomic E-state index is 12.2. The molecule has 0 unspecified atom stereocenters. The summed E-state index contributed by atoms with van der Waals surface area (Å²) in [6.07, 6.45) is 1.80. The first-order chi connectivity index (χ1) is 12.0. The van der Waals surface area contributed by atoms with Gasteiger partial charge in [0.1, 0.15) is 5.65 Å². The van der Waals surface area contributed by atoms with Crippen LogP contribution in [0, 0.1) is 20.8 Å². The van der Waals surface area contributed by atoms with Gasteiger partial charge in [0.25, 0.3) is 0 Å². The van der Waals surface area contributed by atoms with Crippen LogP contribution in [0.5, 0.6) is 0 Å². The number of carbonyl (C=O) groups is 1. The Kier molecular flexibility index (Phi) is 4.61. The van der Waals surface area contributed by atoms with Crippen molar-refractivity contribution in [1.29, 1.82) is 0 Å². The molecule has 0 atom stereocenters. The Morgan fingerprint density at radius 2 is 1.88 bits per heavy atom. The number of imidazole rings is 1. The van der Waals surface area contributed by atoms with E-state index in [9.17, 15) is 4.79 Å². The number of azo groups is 1. The number of nitrogens with zero attached hydrogens (tertiary/aromatic N) is 4. The molecule has 0 aliphatic heterocycles. The second-order valence-electron chi connectivity index (χ2n) is 5.88. The van der Waals surface area contributed by atoms with Crippen LogP contribution in [0.3, 0.4) is 0 Å². The van der Waals surface area contributed by atoms with E-state index in [1.807, 2.05) is 39.0 Å². The molecule has 0 amide bonds. The third-order valence-electron chi connectivity index (χ3n) is 3.85. The molecule has 128 valence electrons. The summed E-state index contributed by atoms with van der Waals surface area (Å²) in [4.78, 5) is 16.6. The minimum atomic E-state index is -0.502. The number of esters is 1. The van der Waals surface area contributed by atoms with Crippen LogP contribution in [-0.4, -0.2) is 22.0 Å². The highest BCUT2D eigenvalue weighted by Crippen LogP contribution is 2.29. The molecule has 25 heavy (non-hydrogen) atoms. The maximum absolute atomic E-state index is 12.2. The number of ether oxygens (including phenoxy) is 1. The van der Waals surface area contributed by atoms with Gasteiger partial charge in [-0.25, -0.2) is 9.78 Å². The average molecular weight is 336 g/mol. The number of benzene rings is 1. The van der Waals surface area contributed by atoms with Gasteiger partial charge in [0.15, 0.2) is 11.5 Å². The van der Waals surface area contributed by atoms with Crippen LogP contribution in [0.1, 0.15) is 34.1 Å². The zero-order chi connectivity index (χ0) is 18.0. The summed E-state index contributed by atoms with van der Waals surface area (Å²) in [5.41, 5.74) is 4.83. The van der Waals surface area contributed by atoms with Gasteiger partial charge in [0.2, 0.25) is 0 Å². The highest BCUT2D eigenvalue weighted by molar-refractivity contribution is 5.93. The summed E-state index contributed by atoms with van der Waals surface area (Å²) >= 11 is 0. The van der Waals surface area contributed by atoms with Crippen molar-refractivity contribution in [2.75, 3.05) is 6.61 Å². The smallest absolute Gasteiger partial charge is 0.360 e. The van der Waals surface area contributed by atoms with Crippen LogP contribution >= 0.6 is 0 Å². The van der Waals surface area contributed by atoms with Crippen LogP contribution in [0.2, 0.25) is 0 Å². The minimum Gasteiger partial charge on any atom is -0.461 e. The van der Waals surface area contributed by atoms with E-state index >= 15 is 0 Å². The predicted molar refractivity (Wildman–Crippen MR) is 96.0 cm³/mol. The monoisotopic (exact) mass is 336 g/mol. The molecule has 6 heteroatoms. The van der Waals surface area contributed by atoms with E-state index in [-0.39, 0.29) is 12.3 Å². The Morgan fingerprint density at radius 3 is 2.56 bits per heavy atom. The molecule has 0 fully saturated rings. The van der Waals surface area contributed by atoms with Crippen molar-refractivity contribution in [3.63, 3.8) is 0 Å². The molecule has 0 spiro atoms. The summed E-state index contributed by atoms with van der Waals surface area (Å²) < 4.78 is 6.83. The van der Waals surface area contributed by atoms with E-state index in [1.165, 1.54) is 5.56 Å². The molecule has 2 aromatic heterocycles. The number of fused-ring (bicyclic) bond motifs is 1. The molecule has 6 nitrogen and oxygen atoms in total. The SMILES string of the molecule is CCOC(=O)c1nc2ccccn2c1N=Nc1c(C)cc(C)cc1C. The van der Waals surface area contributed by atoms with Crippen LogP contribution in [-0.2, 0) is 4.74 Å². The molecule has 0 saturated carbocycles. The lowest BCUT2D eigenvalue weighted by Crippen LogP contribution is -2.05. The molecule has 2 heterocycles. The normalized spacial score (nSPS) is 11.4. The van der Waals surface area contributed by atoms with Gasteiger partial charge in [-0.05, 0) is 51.0 Å². The van der Waals surface area contributed by atoms with Crippen LogP contribution in [0.4, 0.5) is 11.5 Å². The third-order valence-corrected chi connectivity index (χ3v) is 3.85. The van der Waals surface area contributed by atoms with Crippen molar-refractivity contribution < 1.29 is 9.53 Å². The average Bonchev–Trinajstić information content (AvgIpc) is 2.93. The minimum absolute atomic E-state index is 0.166. The number of hydrogen-bond acceptors (Lipinski definition) is 5. The Balaban J connectivity index is 2.12. The largest absolute Gasteiger partial charge is 0.461 e. The number of carbonyl (C=O) groups excluding carboxylic acids is 1. The van der Waals surface area contributed by atoms with Gasteiger partial charge in [-0.15, -0.1) is 10.2 Å². The second kappa shape index (κ2) is 6.84. The summed E-state index contributed by atoms with van der Waals surface area (Å²) in [5.74, 6) is -0.133. The zero-order valence-corrected chi connectivity index (χ0v) is 14.8. The lowest BCUT2D eigenvalue weighted by atomic mass is 10.1. The Morgan fingerprint density at radius 1 is 1.16 bits per heavy atom. The van der Waals surface area contributed by atoms with Crippen LogP contribution in [0.25, 0.3) is 5.65 Å². The van der Waals surface area contributed by atoms with Crippen molar-refractivity contribution in [2.45, 2.75) is 27.7 Å². The Labute approximate surface area is 146 Å². The van der Waals surface area contributed by atoms with Gasteiger partial charge in [-0.1, -0.05) is 23.8 Å². The Bertz CT molecular complexity index is 950. The summed E-state index contributed by atoms with van der Waals surface area (Å²) in [7, 11) is 0. The van der Waals surface area contributed by atoms with Crippen molar-refractivity contribution >= 4 is 23.1 Å². The standard InChI is InChI=1S/C19H20N4O2/c1-5-25-19(24)17-18(23-9-7-6-8-15(23)20-17)22-21-16-13(3)10-12(2)11-14(16)4/h6-11H,5H2,1-4H3. The van der Waals surface area contributed by atoms with Crippen LogP contribution < -0.4 is 0 Å². The molecule has 0 bridgehead atoms. The number of aromatic nitrogens is 2. The highest BCUT2D eigenvalue weighted by atomic mass is 16.5. The number of aryl methyl sites for hydroxylation is 3. The second-order valence-corrected chi connectivity index (χ2v) is 5.88. The fraction of sp³-hybridized carbons (Fsp3) is 0.263. The van der Waals surface area contributed by atoms with E-state index in [1.54, 1.807) is 17.5 Å². The molecule has 0 N–H and O–H groups in total. The van der Waals surface area contributed by atoms with E-state index in [0.717, 1.165) is 16.8 Å². The van der Waals surface area contributed by atoms with Gasteiger partial charge in [0, 0.05) is 6.20 Å². The number of hydrogen-bond donors (Lipinski definition) is 0. The summed E-state index contributed by atoms with van der Waals surface area (Å²) in [6.45, 7) is 8.07. The number of rotatable bonds is 4. The predicted octanol–water partition coefficient (Wildman–Crippen LogP) is 4.85. The topological polar surface area (TPSA) is 68.3 Å². The quantitative estimate of drug-likeness (QED) is 0.505. The van der Waals surface area contributed by atoms with E-state index in [4.69, 9.17) is 4.74 Å². The first kappa shape index (κ1) is 16.8. The fourth-order valence-corrected chi connectivity index (χ4v) is 2.84. The molecular formula is C19H20N4O2. The van der Waals surface area contributed by atoms with Crippen molar-refractivity contribution in [3.05, 3.63) is 58.9 Å². The van der Waals surface area contributed by atoms with E-state index in [0.29, 0.717) is 11.5 Å². The van der Waals surface area contributed by atoms with Gasteiger partial charge in [-0.2, -0.15) is 0 Å². The lowest BCUT2D eigenvalue weighted by molar-refractivity contribution is 0.0521.